The lowest BCUT2D eigenvalue weighted by Gasteiger charge is -2.25. The summed E-state index contributed by atoms with van der Waals surface area (Å²) in [6.07, 6.45) is 89.7. The Labute approximate surface area is 494 Å². The Morgan fingerprint density at radius 1 is 0.370 bits per heavy atom. The molecule has 0 aliphatic rings. The van der Waals surface area contributed by atoms with E-state index in [-0.39, 0.29) is 38.6 Å². The highest BCUT2D eigenvalue weighted by Crippen LogP contribution is 2.12. The van der Waals surface area contributed by atoms with Crippen LogP contribution in [0.15, 0.2) is 182 Å². The van der Waals surface area contributed by atoms with Gasteiger partial charge in [0.1, 0.15) is 13.2 Å². The molecule has 0 aromatic carbocycles. The van der Waals surface area contributed by atoms with Crippen LogP contribution < -0.4 is 0 Å². The molecule has 452 valence electrons. The highest BCUT2D eigenvalue weighted by molar-refractivity contribution is 5.71. The van der Waals surface area contributed by atoms with Crippen molar-refractivity contribution in [1.29, 1.82) is 0 Å². The Morgan fingerprint density at radius 3 is 0.988 bits per heavy atom. The van der Waals surface area contributed by atoms with E-state index in [4.69, 9.17) is 18.9 Å². The second kappa shape index (κ2) is 60.5. The minimum absolute atomic E-state index is 0.167. The van der Waals surface area contributed by atoms with Gasteiger partial charge in [-0.3, -0.25) is 9.59 Å². The molecule has 2 unspecified atom stereocenters. The number of allylic oxidation sites excluding steroid dienone is 30. The number of nitrogens with zero attached hydrogens (tertiary/aromatic N) is 1. The Bertz CT molecular complexity index is 1980. The number of carboxylic acid groups (broad SMARTS) is 1. The van der Waals surface area contributed by atoms with Gasteiger partial charge in [0, 0.05) is 12.8 Å². The van der Waals surface area contributed by atoms with Crippen LogP contribution in [-0.2, 0) is 33.3 Å². The fourth-order valence-electron chi connectivity index (χ4n) is 7.48. The molecule has 0 amide bonds. The molecule has 81 heavy (non-hydrogen) atoms. The summed E-state index contributed by atoms with van der Waals surface area (Å²) in [5.41, 5.74) is 0. The smallest absolute Gasteiger partial charge is 0.361 e. The van der Waals surface area contributed by atoms with Crippen LogP contribution in [0.1, 0.15) is 194 Å². The zero-order valence-electron chi connectivity index (χ0n) is 51.4. The number of carbonyl (C=O) groups is 3. The summed E-state index contributed by atoms with van der Waals surface area (Å²) < 4.78 is 22.8. The summed E-state index contributed by atoms with van der Waals surface area (Å²) in [5.74, 6) is -2.09. The molecule has 0 aliphatic carbocycles. The average Bonchev–Trinajstić information content (AvgIpc) is 3.44. The van der Waals surface area contributed by atoms with Gasteiger partial charge < -0.3 is 28.5 Å². The lowest BCUT2D eigenvalue weighted by atomic mass is 10.1. The Morgan fingerprint density at radius 2 is 0.667 bits per heavy atom. The summed E-state index contributed by atoms with van der Waals surface area (Å²) in [7, 11) is 5.94. The van der Waals surface area contributed by atoms with E-state index < -0.39 is 24.3 Å². The lowest BCUT2D eigenvalue weighted by molar-refractivity contribution is -0.870. The van der Waals surface area contributed by atoms with Gasteiger partial charge in [0.05, 0.1) is 34.4 Å². The molecule has 0 spiro atoms. The quantitative estimate of drug-likeness (QED) is 0.0211. The largest absolute Gasteiger partial charge is 0.477 e. The van der Waals surface area contributed by atoms with Gasteiger partial charge >= 0.3 is 17.9 Å². The summed E-state index contributed by atoms with van der Waals surface area (Å²) in [6, 6.07) is 0. The SMILES string of the molecule is CC/C=C\C/C=C\C/C=C\C/C=C\C/C=C\C/C=C\C/C=C\C/C=C\C/C=C\CCCCCCCC(=O)OC(COC(=O)CCCCCC/C=C\C/C=C\C/C=C\C/C=C\C/C=C\C/C=C\CC)COC(OCC[N+](C)(C)C)C(=O)O. The number of ether oxygens (including phenoxy) is 4. The van der Waals surface area contributed by atoms with E-state index in [9.17, 15) is 19.5 Å². The monoisotopic (exact) mass is 1120 g/mol. The van der Waals surface area contributed by atoms with Gasteiger partial charge in [-0.1, -0.05) is 228 Å². The highest BCUT2D eigenvalue weighted by atomic mass is 16.7. The van der Waals surface area contributed by atoms with Crippen molar-refractivity contribution < 1.29 is 42.9 Å². The van der Waals surface area contributed by atoms with Crippen LogP contribution >= 0.6 is 0 Å². The summed E-state index contributed by atoms with van der Waals surface area (Å²) in [6.45, 7) is 4.56. The first kappa shape index (κ1) is 75.4. The first-order valence-corrected chi connectivity index (χ1v) is 30.9. The van der Waals surface area contributed by atoms with Crippen molar-refractivity contribution in [3.05, 3.63) is 182 Å². The summed E-state index contributed by atoms with van der Waals surface area (Å²) in [4.78, 5) is 37.5. The lowest BCUT2D eigenvalue weighted by Crippen LogP contribution is -2.40. The minimum Gasteiger partial charge on any atom is -0.477 e. The summed E-state index contributed by atoms with van der Waals surface area (Å²) >= 11 is 0. The third kappa shape index (κ3) is 61.9. The number of rotatable bonds is 54. The molecule has 9 heteroatoms. The van der Waals surface area contributed by atoms with Gasteiger partial charge in [-0.15, -0.1) is 0 Å². The third-order valence-electron chi connectivity index (χ3n) is 12.2. The van der Waals surface area contributed by atoms with Gasteiger partial charge in [0.25, 0.3) is 6.29 Å². The average molecular weight is 1120 g/mol. The molecule has 9 nitrogen and oxygen atoms in total. The number of esters is 2. The number of carboxylic acids is 1. The molecule has 0 radical (unpaired) electrons. The number of quaternary nitrogens is 1. The second-order valence-electron chi connectivity index (χ2n) is 20.9. The topological polar surface area (TPSA) is 108 Å². The zero-order chi connectivity index (χ0) is 59.1. The molecule has 0 saturated heterocycles. The van der Waals surface area contributed by atoms with Gasteiger partial charge in [-0.05, 0) is 135 Å². The first-order chi connectivity index (χ1) is 39.6. The molecule has 0 bridgehead atoms. The molecule has 0 fully saturated rings. The molecule has 0 aromatic heterocycles. The molecule has 0 aliphatic heterocycles. The molecule has 0 saturated carbocycles. The number of unbranched alkanes of at least 4 members (excludes halogenated alkanes) is 9. The van der Waals surface area contributed by atoms with Crippen LogP contribution in [0.25, 0.3) is 0 Å². The normalized spacial score (nSPS) is 14.0. The molecule has 1 N–H and O–H groups in total. The molecular formula is C72H112NO8+. The van der Waals surface area contributed by atoms with Gasteiger partial charge in [-0.25, -0.2) is 4.79 Å². The van der Waals surface area contributed by atoms with Crippen LogP contribution in [0.3, 0.4) is 0 Å². The zero-order valence-corrected chi connectivity index (χ0v) is 51.4. The van der Waals surface area contributed by atoms with Crippen LogP contribution in [-0.4, -0.2) is 87.4 Å². The predicted octanol–water partition coefficient (Wildman–Crippen LogP) is 18.9. The molecule has 0 rings (SSSR count). The van der Waals surface area contributed by atoms with E-state index in [0.717, 1.165) is 154 Å². The van der Waals surface area contributed by atoms with E-state index in [2.05, 4.69) is 196 Å². The highest BCUT2D eigenvalue weighted by Gasteiger charge is 2.25. The second-order valence-corrected chi connectivity index (χ2v) is 20.9. The van der Waals surface area contributed by atoms with Gasteiger partial charge in [0.2, 0.25) is 0 Å². The first-order valence-electron chi connectivity index (χ1n) is 30.9. The Hall–Kier alpha value is -5.61. The maximum atomic E-state index is 12.9. The number of carbonyl (C=O) groups excluding carboxylic acids is 2. The number of likely N-dealkylation sites (N-methyl/N-ethyl adjacent to an activating group) is 1. The van der Waals surface area contributed by atoms with Crippen molar-refractivity contribution >= 4 is 17.9 Å². The maximum Gasteiger partial charge on any atom is 0.361 e. The van der Waals surface area contributed by atoms with Gasteiger partial charge in [-0.2, -0.15) is 0 Å². The fourth-order valence-corrected chi connectivity index (χ4v) is 7.48. The van der Waals surface area contributed by atoms with Crippen molar-refractivity contribution in [3.8, 4) is 0 Å². The van der Waals surface area contributed by atoms with Crippen LogP contribution in [0, 0.1) is 0 Å². The van der Waals surface area contributed by atoms with Gasteiger partial charge in [0.15, 0.2) is 6.10 Å². The summed E-state index contributed by atoms with van der Waals surface area (Å²) in [5, 5.41) is 9.72. The van der Waals surface area contributed by atoms with Crippen LogP contribution in [0.5, 0.6) is 0 Å². The maximum absolute atomic E-state index is 12.9. The molecule has 0 heterocycles. The van der Waals surface area contributed by atoms with E-state index in [1.807, 2.05) is 21.1 Å². The van der Waals surface area contributed by atoms with E-state index in [0.29, 0.717) is 23.9 Å². The van der Waals surface area contributed by atoms with Crippen LogP contribution in [0.2, 0.25) is 0 Å². The van der Waals surface area contributed by atoms with E-state index in [1.54, 1.807) is 0 Å². The third-order valence-corrected chi connectivity index (χ3v) is 12.2. The number of aliphatic carboxylic acids is 1. The standard InChI is InChI=1S/C72H111NO8/c1-6-8-10-12-14-16-18-20-22-24-26-28-30-31-32-33-34-35-36-37-38-39-41-43-45-47-49-51-53-55-57-59-61-63-70(75)81-68(67-80-72(71(76)77)78-65-64-73(3,4)5)66-79-69(74)62-60-58-56-54-52-50-48-46-44-42-40-29-27-25-23-21-19-17-15-13-11-9-7-2/h8-11,14-17,20-23,26-29,31-32,34-35,37-38,41-44,47-50,68,72H,6-7,12-13,18-19,24-25,30,33,36,39-40,45-46,51-67H2,1-5H3/p+1/b10-8-,11-9-,16-14-,17-15-,22-20-,23-21-,28-26-,29-27-,32-31-,35-34-,38-37-,43-41-,44-42-,49-47-,50-48-. The van der Waals surface area contributed by atoms with Crippen molar-refractivity contribution in [2.45, 2.75) is 206 Å². The van der Waals surface area contributed by atoms with Crippen LogP contribution in [0.4, 0.5) is 0 Å². The van der Waals surface area contributed by atoms with E-state index in [1.165, 1.54) is 0 Å². The Kier molecular flexibility index (Phi) is 56.3. The van der Waals surface area contributed by atoms with Crippen molar-refractivity contribution in [2.75, 3.05) is 47.5 Å². The Balaban J connectivity index is 4.37. The molecular weight excluding hydrogens is 1010 g/mol. The molecule has 2 atom stereocenters. The van der Waals surface area contributed by atoms with Crippen molar-refractivity contribution in [3.63, 3.8) is 0 Å². The fraction of sp³-hybridized carbons (Fsp3) is 0.542. The predicted molar refractivity (Wildman–Crippen MR) is 345 cm³/mol. The van der Waals surface area contributed by atoms with Crippen molar-refractivity contribution in [1.82, 2.24) is 0 Å². The number of hydrogen-bond donors (Lipinski definition) is 1. The van der Waals surface area contributed by atoms with Crippen molar-refractivity contribution in [2.24, 2.45) is 0 Å². The number of hydrogen-bond acceptors (Lipinski definition) is 7. The van der Waals surface area contributed by atoms with E-state index >= 15 is 0 Å². The minimum atomic E-state index is -1.54. The molecule has 0 aromatic rings.